The smallest absolute Gasteiger partial charge is 0.282 e. The van der Waals surface area contributed by atoms with E-state index < -0.39 is 10.1 Å². The van der Waals surface area contributed by atoms with E-state index in [1.54, 1.807) is 12.1 Å². The van der Waals surface area contributed by atoms with Gasteiger partial charge < -0.3 is 0 Å². The van der Waals surface area contributed by atoms with Gasteiger partial charge in [0.25, 0.3) is 10.1 Å². The molecule has 1 aliphatic rings. The third-order valence-electron chi connectivity index (χ3n) is 4.67. The summed E-state index contributed by atoms with van der Waals surface area (Å²) in [5.41, 5.74) is 3.76. The Bertz CT molecular complexity index is 1120. The second-order valence-corrected chi connectivity index (χ2v) is 8.36. The van der Waals surface area contributed by atoms with Crippen LogP contribution >= 0.6 is 11.6 Å². The number of nitrogens with zero attached hydrogens (tertiary/aromatic N) is 2. The number of halogens is 1. The van der Waals surface area contributed by atoms with Crippen LogP contribution in [-0.4, -0.2) is 48.2 Å². The molecule has 0 aromatic heterocycles. The first-order chi connectivity index (χ1) is 13.4. The average molecular weight is 436 g/mol. The molecule has 3 aromatic carbocycles. The molecule has 0 bridgehead atoms. The average Bonchev–Trinajstić information content (AvgIpc) is 3.14. The summed E-state index contributed by atoms with van der Waals surface area (Å²) in [5, 5.41) is 7.35. The number of hydrogen-bond acceptors (Lipinski definition) is 4. The van der Waals surface area contributed by atoms with E-state index in [0.29, 0.717) is 11.4 Å². The van der Waals surface area contributed by atoms with E-state index in [0.717, 1.165) is 22.5 Å². The summed E-state index contributed by atoms with van der Waals surface area (Å²) in [7, 11) is -4.23. The minimum Gasteiger partial charge on any atom is -0.282 e. The molecular weight excluding hydrogens is 419 g/mol. The Morgan fingerprint density at radius 2 is 1.55 bits per heavy atom. The minimum atomic E-state index is -4.23. The monoisotopic (exact) mass is 435 g/mol. The maximum Gasteiger partial charge on any atom is 0.294 e. The largest absolute Gasteiger partial charge is 0.294 e. The van der Waals surface area contributed by atoms with Crippen LogP contribution in [0.4, 0.5) is 5.69 Å². The van der Waals surface area contributed by atoms with E-state index in [2.05, 4.69) is 0 Å². The molecular formula is C21H17ClN2NaO3S. The van der Waals surface area contributed by atoms with Crippen LogP contribution in [0, 0.1) is 0 Å². The van der Waals surface area contributed by atoms with Gasteiger partial charge in [-0.3, -0.25) is 9.56 Å². The van der Waals surface area contributed by atoms with Crippen molar-refractivity contribution < 1.29 is 13.0 Å². The Hall–Kier alpha value is -1.67. The zero-order valence-corrected chi connectivity index (χ0v) is 19.3. The Morgan fingerprint density at radius 1 is 0.931 bits per heavy atom. The Morgan fingerprint density at radius 3 is 2.14 bits per heavy atom. The summed E-state index contributed by atoms with van der Waals surface area (Å²) >= 11 is 6.00. The molecule has 1 unspecified atom stereocenters. The van der Waals surface area contributed by atoms with E-state index >= 15 is 0 Å². The predicted octanol–water partition coefficient (Wildman–Crippen LogP) is 4.56. The zero-order valence-electron chi connectivity index (χ0n) is 15.7. The minimum absolute atomic E-state index is 0. The molecule has 143 valence electrons. The number of anilines is 1. The molecule has 5 nitrogen and oxygen atoms in total. The van der Waals surface area contributed by atoms with Gasteiger partial charge in [0, 0.05) is 41.0 Å². The number of benzene rings is 3. The fourth-order valence-corrected chi connectivity index (χ4v) is 3.88. The molecule has 1 aliphatic heterocycles. The molecule has 3 aromatic rings. The van der Waals surface area contributed by atoms with Gasteiger partial charge >= 0.3 is 0 Å². The van der Waals surface area contributed by atoms with Gasteiger partial charge in [-0.2, -0.15) is 13.5 Å². The molecule has 1 radical (unpaired) electrons. The van der Waals surface area contributed by atoms with Crippen molar-refractivity contribution in [1.29, 1.82) is 0 Å². The summed E-state index contributed by atoms with van der Waals surface area (Å²) in [6.07, 6.45) is 0.700. The fourth-order valence-electron chi connectivity index (χ4n) is 3.27. The van der Waals surface area contributed by atoms with Gasteiger partial charge in [0.1, 0.15) is 0 Å². The van der Waals surface area contributed by atoms with Crippen LogP contribution in [0.3, 0.4) is 0 Å². The van der Waals surface area contributed by atoms with Crippen LogP contribution < -0.4 is 5.01 Å². The zero-order chi connectivity index (χ0) is 19.7. The number of hydrazone groups is 1. The molecule has 8 heteroatoms. The summed E-state index contributed by atoms with van der Waals surface area (Å²) in [6, 6.07) is 23.6. The Balaban J connectivity index is 0.00000240. The van der Waals surface area contributed by atoms with Crippen molar-refractivity contribution in [1.82, 2.24) is 0 Å². The van der Waals surface area contributed by atoms with Crippen molar-refractivity contribution in [2.45, 2.75) is 17.4 Å². The summed E-state index contributed by atoms with van der Waals surface area (Å²) in [6.45, 7) is 0. The summed E-state index contributed by atoms with van der Waals surface area (Å²) in [4.78, 5) is -0.145. The van der Waals surface area contributed by atoms with Gasteiger partial charge in [0.2, 0.25) is 0 Å². The maximum absolute atomic E-state index is 11.3. The van der Waals surface area contributed by atoms with Gasteiger partial charge in [0.15, 0.2) is 0 Å². The molecule has 1 N–H and O–H groups in total. The van der Waals surface area contributed by atoms with Crippen LogP contribution in [0.2, 0.25) is 5.02 Å². The van der Waals surface area contributed by atoms with E-state index in [-0.39, 0.29) is 40.5 Å². The van der Waals surface area contributed by atoms with E-state index in [9.17, 15) is 13.0 Å². The van der Waals surface area contributed by atoms with Gasteiger partial charge in [-0.25, -0.2) is 0 Å². The van der Waals surface area contributed by atoms with Crippen LogP contribution in [0.15, 0.2) is 88.9 Å². The standard InChI is InChI=1S/C21H17ClN2O3S.Na/c22-17-8-6-15(7-9-17)20-14-21(16-4-2-1-3-5-16)24(23-20)18-10-12-19(13-11-18)28(25,26)27;/h1-13,21H,14H2,(H,25,26,27);. The van der Waals surface area contributed by atoms with E-state index in [4.69, 9.17) is 16.7 Å². The number of rotatable bonds is 4. The third kappa shape index (κ3) is 4.91. The molecule has 0 saturated heterocycles. The second-order valence-electron chi connectivity index (χ2n) is 6.50. The van der Waals surface area contributed by atoms with Gasteiger partial charge in [-0.1, -0.05) is 54.1 Å². The first kappa shape index (κ1) is 22.0. The first-order valence-corrected chi connectivity index (χ1v) is 10.5. The molecule has 0 saturated carbocycles. The maximum atomic E-state index is 11.3. The molecule has 29 heavy (non-hydrogen) atoms. The molecule has 0 fully saturated rings. The molecule has 0 amide bonds. The third-order valence-corrected chi connectivity index (χ3v) is 5.79. The van der Waals surface area contributed by atoms with E-state index in [1.807, 2.05) is 59.6 Å². The first-order valence-electron chi connectivity index (χ1n) is 8.67. The van der Waals surface area contributed by atoms with Crippen molar-refractivity contribution in [3.63, 3.8) is 0 Å². The van der Waals surface area contributed by atoms with Crippen LogP contribution in [0.1, 0.15) is 23.6 Å². The Labute approximate surface area is 197 Å². The molecule has 0 spiro atoms. The van der Waals surface area contributed by atoms with Crippen LogP contribution in [0.5, 0.6) is 0 Å². The van der Waals surface area contributed by atoms with Gasteiger partial charge in [-0.15, -0.1) is 0 Å². The second kappa shape index (κ2) is 9.00. The summed E-state index contributed by atoms with van der Waals surface area (Å²) < 4.78 is 31.8. The normalized spacial score (nSPS) is 16.3. The fraction of sp³-hybridized carbons (Fsp3) is 0.0952. The topological polar surface area (TPSA) is 70.0 Å². The molecule has 1 atom stereocenters. The Kier molecular flexibility index (Phi) is 6.83. The van der Waals surface area contributed by atoms with Crippen molar-refractivity contribution >= 4 is 62.7 Å². The van der Waals surface area contributed by atoms with E-state index in [1.165, 1.54) is 12.1 Å². The van der Waals surface area contributed by atoms with Crippen molar-refractivity contribution in [3.05, 3.63) is 95.0 Å². The van der Waals surface area contributed by atoms with Crippen LogP contribution in [-0.2, 0) is 10.1 Å². The molecule has 4 rings (SSSR count). The van der Waals surface area contributed by atoms with Gasteiger partial charge in [-0.05, 0) is 47.5 Å². The molecule has 0 aliphatic carbocycles. The van der Waals surface area contributed by atoms with Crippen molar-refractivity contribution in [3.8, 4) is 0 Å². The van der Waals surface area contributed by atoms with Crippen molar-refractivity contribution in [2.75, 3.05) is 5.01 Å². The van der Waals surface area contributed by atoms with Gasteiger partial charge in [0.05, 0.1) is 22.3 Å². The quantitative estimate of drug-likeness (QED) is 0.481. The van der Waals surface area contributed by atoms with Crippen LogP contribution in [0.25, 0.3) is 0 Å². The molecule has 1 heterocycles. The van der Waals surface area contributed by atoms with Crippen molar-refractivity contribution in [2.24, 2.45) is 5.10 Å². The number of hydrogen-bond donors (Lipinski definition) is 1. The summed E-state index contributed by atoms with van der Waals surface area (Å²) in [5.74, 6) is 0. The SMILES string of the molecule is O=S(=O)(O)c1ccc(N2N=C(c3ccc(Cl)cc3)CC2c2ccccc2)cc1.[Na]. The predicted molar refractivity (Wildman–Crippen MR) is 116 cm³/mol.